The van der Waals surface area contributed by atoms with Gasteiger partial charge in [0, 0.05) is 6.04 Å². The first-order valence-corrected chi connectivity index (χ1v) is 6.85. The molecule has 0 aliphatic carbocycles. The number of aryl methyl sites for hydroxylation is 1. The fourth-order valence-corrected chi connectivity index (χ4v) is 2.30. The van der Waals surface area contributed by atoms with E-state index in [1.165, 1.54) is 12.1 Å². The molecule has 21 heavy (non-hydrogen) atoms. The molecule has 1 nitrogen and oxygen atoms in total. The Hall–Kier alpha value is -1.68. The van der Waals surface area contributed by atoms with Crippen LogP contribution in [-0.4, -0.2) is 0 Å². The van der Waals surface area contributed by atoms with Crippen LogP contribution in [0.15, 0.2) is 42.5 Å². The van der Waals surface area contributed by atoms with Gasteiger partial charge in [0.2, 0.25) is 0 Å². The summed E-state index contributed by atoms with van der Waals surface area (Å²) >= 11 is 6.13. The molecule has 0 amide bonds. The highest BCUT2D eigenvalue weighted by atomic mass is 35.5. The van der Waals surface area contributed by atoms with Crippen molar-refractivity contribution in [3.8, 4) is 0 Å². The second-order valence-electron chi connectivity index (χ2n) is 4.97. The summed E-state index contributed by atoms with van der Waals surface area (Å²) in [6, 6.07) is 10.6. The van der Waals surface area contributed by atoms with Crippen LogP contribution in [-0.2, 0) is 6.18 Å². The lowest BCUT2D eigenvalue weighted by Crippen LogP contribution is -2.09. The molecule has 0 spiro atoms. The van der Waals surface area contributed by atoms with Crippen molar-refractivity contribution in [1.29, 1.82) is 0 Å². The zero-order valence-corrected chi connectivity index (χ0v) is 12.4. The predicted molar refractivity (Wildman–Crippen MR) is 79.7 cm³/mol. The van der Waals surface area contributed by atoms with Gasteiger partial charge >= 0.3 is 6.18 Å². The van der Waals surface area contributed by atoms with Gasteiger partial charge in [-0.1, -0.05) is 29.8 Å². The molecule has 0 aromatic heterocycles. The van der Waals surface area contributed by atoms with Crippen LogP contribution in [0.1, 0.15) is 29.7 Å². The van der Waals surface area contributed by atoms with E-state index in [-0.39, 0.29) is 6.04 Å². The van der Waals surface area contributed by atoms with Gasteiger partial charge in [-0.3, -0.25) is 0 Å². The Labute approximate surface area is 126 Å². The van der Waals surface area contributed by atoms with Crippen LogP contribution in [0, 0.1) is 6.92 Å². The van der Waals surface area contributed by atoms with Crippen molar-refractivity contribution in [3.05, 3.63) is 64.2 Å². The summed E-state index contributed by atoms with van der Waals surface area (Å²) in [7, 11) is 0. The Balaban J connectivity index is 2.15. The molecule has 2 aromatic carbocycles. The number of nitrogens with one attached hydrogen (secondary N) is 1. The maximum absolute atomic E-state index is 12.5. The molecular weight excluding hydrogens is 299 g/mol. The van der Waals surface area contributed by atoms with E-state index in [4.69, 9.17) is 11.6 Å². The molecule has 2 rings (SSSR count). The average Bonchev–Trinajstić information content (AvgIpc) is 2.41. The zero-order valence-electron chi connectivity index (χ0n) is 11.6. The van der Waals surface area contributed by atoms with Gasteiger partial charge in [-0.15, -0.1) is 0 Å². The Kier molecular flexibility index (Phi) is 4.47. The van der Waals surface area contributed by atoms with E-state index < -0.39 is 11.7 Å². The molecule has 2 aromatic rings. The smallest absolute Gasteiger partial charge is 0.377 e. The highest BCUT2D eigenvalue weighted by Gasteiger charge is 2.30. The molecule has 0 fully saturated rings. The quantitative estimate of drug-likeness (QED) is 0.750. The summed E-state index contributed by atoms with van der Waals surface area (Å²) in [4.78, 5) is 0. The van der Waals surface area contributed by atoms with E-state index in [2.05, 4.69) is 5.32 Å². The molecule has 0 aliphatic rings. The molecule has 5 heteroatoms. The standard InChI is InChI=1S/C16H15ClF3N/c1-10-3-8-15(14(17)9-10)21-11(2)12-4-6-13(7-5-12)16(18,19)20/h3-9,11,21H,1-2H3. The van der Waals surface area contributed by atoms with Crippen LogP contribution in [0.2, 0.25) is 5.02 Å². The Morgan fingerprint density at radius 1 is 1.05 bits per heavy atom. The third kappa shape index (κ3) is 3.91. The van der Waals surface area contributed by atoms with Crippen LogP contribution in [0.4, 0.5) is 18.9 Å². The second kappa shape index (κ2) is 5.98. The van der Waals surface area contributed by atoms with Gasteiger partial charge in [-0.2, -0.15) is 13.2 Å². The van der Waals surface area contributed by atoms with E-state index in [0.29, 0.717) is 5.02 Å². The summed E-state index contributed by atoms with van der Waals surface area (Å²) in [5.74, 6) is 0. The minimum atomic E-state index is -4.31. The van der Waals surface area contributed by atoms with E-state index >= 15 is 0 Å². The Bertz CT molecular complexity index is 620. The molecule has 1 N–H and O–H groups in total. The molecule has 0 heterocycles. The van der Waals surface area contributed by atoms with Crippen molar-refractivity contribution in [2.75, 3.05) is 5.32 Å². The van der Waals surface area contributed by atoms with Gasteiger partial charge in [0.25, 0.3) is 0 Å². The van der Waals surface area contributed by atoms with Crippen LogP contribution in [0.25, 0.3) is 0 Å². The topological polar surface area (TPSA) is 12.0 Å². The molecule has 0 aliphatic heterocycles. The van der Waals surface area contributed by atoms with Crippen molar-refractivity contribution < 1.29 is 13.2 Å². The fraction of sp³-hybridized carbons (Fsp3) is 0.250. The van der Waals surface area contributed by atoms with Crippen LogP contribution in [0.3, 0.4) is 0 Å². The first kappa shape index (κ1) is 15.7. The normalized spacial score (nSPS) is 13.0. The molecule has 1 unspecified atom stereocenters. The van der Waals surface area contributed by atoms with Gasteiger partial charge in [0.05, 0.1) is 16.3 Å². The summed E-state index contributed by atoms with van der Waals surface area (Å²) in [5.41, 5.74) is 1.92. The monoisotopic (exact) mass is 313 g/mol. The molecule has 0 saturated carbocycles. The SMILES string of the molecule is Cc1ccc(NC(C)c2ccc(C(F)(F)F)cc2)c(Cl)c1. The lowest BCUT2D eigenvalue weighted by atomic mass is 10.1. The van der Waals surface area contributed by atoms with Crippen LogP contribution < -0.4 is 5.32 Å². The summed E-state index contributed by atoms with van der Waals surface area (Å²) in [5, 5.41) is 3.79. The van der Waals surface area contributed by atoms with Gasteiger partial charge < -0.3 is 5.32 Å². The van der Waals surface area contributed by atoms with Crippen molar-refractivity contribution in [3.63, 3.8) is 0 Å². The van der Waals surface area contributed by atoms with Crippen LogP contribution >= 0.6 is 11.6 Å². The Morgan fingerprint density at radius 3 is 2.19 bits per heavy atom. The highest BCUT2D eigenvalue weighted by molar-refractivity contribution is 6.33. The van der Waals surface area contributed by atoms with Crippen molar-refractivity contribution >= 4 is 17.3 Å². The highest BCUT2D eigenvalue weighted by Crippen LogP contribution is 2.31. The number of rotatable bonds is 3. The first-order chi connectivity index (χ1) is 9.77. The van der Waals surface area contributed by atoms with Crippen LogP contribution in [0.5, 0.6) is 0 Å². The molecule has 0 saturated heterocycles. The lowest BCUT2D eigenvalue weighted by molar-refractivity contribution is -0.137. The zero-order chi connectivity index (χ0) is 15.6. The minimum absolute atomic E-state index is 0.146. The minimum Gasteiger partial charge on any atom is -0.377 e. The van der Waals surface area contributed by atoms with Gasteiger partial charge in [-0.05, 0) is 49.2 Å². The molecule has 1 atom stereocenters. The fourth-order valence-electron chi connectivity index (χ4n) is 2.01. The molecule has 112 valence electrons. The molecular formula is C16H15ClF3N. The largest absolute Gasteiger partial charge is 0.416 e. The molecule has 0 radical (unpaired) electrons. The van der Waals surface area contributed by atoms with Crippen molar-refractivity contribution in [1.82, 2.24) is 0 Å². The number of hydrogen-bond donors (Lipinski definition) is 1. The third-order valence-corrected chi connectivity index (χ3v) is 3.55. The number of benzene rings is 2. The lowest BCUT2D eigenvalue weighted by Gasteiger charge is -2.18. The van der Waals surface area contributed by atoms with E-state index in [9.17, 15) is 13.2 Å². The third-order valence-electron chi connectivity index (χ3n) is 3.23. The van der Waals surface area contributed by atoms with Gasteiger partial charge in [0.15, 0.2) is 0 Å². The predicted octanol–water partition coefficient (Wildman–Crippen LogP) is 5.84. The van der Waals surface area contributed by atoms with Crippen molar-refractivity contribution in [2.45, 2.75) is 26.1 Å². The number of hydrogen-bond acceptors (Lipinski definition) is 1. The summed E-state index contributed by atoms with van der Waals surface area (Å²) < 4.78 is 37.6. The summed E-state index contributed by atoms with van der Waals surface area (Å²) in [6.07, 6.45) is -4.31. The Morgan fingerprint density at radius 2 is 1.67 bits per heavy atom. The number of anilines is 1. The number of halogens is 4. The van der Waals surface area contributed by atoms with Gasteiger partial charge in [-0.25, -0.2) is 0 Å². The second-order valence-corrected chi connectivity index (χ2v) is 5.38. The van der Waals surface area contributed by atoms with Crippen molar-refractivity contribution in [2.24, 2.45) is 0 Å². The number of alkyl halides is 3. The summed E-state index contributed by atoms with van der Waals surface area (Å²) in [6.45, 7) is 3.81. The molecule has 0 bridgehead atoms. The van der Waals surface area contributed by atoms with Gasteiger partial charge in [0.1, 0.15) is 0 Å². The average molecular weight is 314 g/mol. The maximum Gasteiger partial charge on any atom is 0.416 e. The maximum atomic E-state index is 12.5. The van der Waals surface area contributed by atoms with E-state index in [1.54, 1.807) is 0 Å². The first-order valence-electron chi connectivity index (χ1n) is 6.47. The van der Waals surface area contributed by atoms with E-state index in [0.717, 1.165) is 28.9 Å². The van der Waals surface area contributed by atoms with E-state index in [1.807, 2.05) is 32.0 Å².